The van der Waals surface area contributed by atoms with Crippen LogP contribution < -0.4 is 9.47 Å². The molecule has 1 aliphatic heterocycles. The van der Waals surface area contributed by atoms with Gasteiger partial charge in [0.15, 0.2) is 11.5 Å². The summed E-state index contributed by atoms with van der Waals surface area (Å²) in [6, 6.07) is 16.8. The Bertz CT molecular complexity index is 641. The Morgan fingerprint density at radius 3 is 2.39 bits per heavy atom. The highest BCUT2D eigenvalue weighted by molar-refractivity contribution is 5.44. The number of hydrogen-bond donors (Lipinski definition) is 0. The van der Waals surface area contributed by atoms with Gasteiger partial charge < -0.3 is 14.4 Å². The van der Waals surface area contributed by atoms with Crippen molar-refractivity contribution in [3.8, 4) is 17.2 Å². The number of nitrogens with zero attached hydrogens (tertiary/aromatic N) is 1. The number of benzene rings is 2. The average Bonchev–Trinajstić information content (AvgIpc) is 3.00. The third kappa shape index (κ3) is 3.85. The molecule has 122 valence electrons. The second-order valence-electron chi connectivity index (χ2n) is 6.18. The number of aryl methyl sites for hydroxylation is 1. The van der Waals surface area contributed by atoms with Crippen molar-refractivity contribution in [1.29, 1.82) is 0 Å². The fourth-order valence-electron chi connectivity index (χ4n) is 3.30. The fraction of sp³-hybridized carbons (Fsp3) is 0.400. The van der Waals surface area contributed by atoms with E-state index < -0.39 is 0 Å². The third-order valence-corrected chi connectivity index (χ3v) is 4.68. The highest BCUT2D eigenvalue weighted by atomic mass is 16.5. The van der Waals surface area contributed by atoms with Gasteiger partial charge in [-0.15, -0.1) is 0 Å². The molecule has 0 aliphatic carbocycles. The first-order valence-corrected chi connectivity index (χ1v) is 8.37. The molecule has 3 nitrogen and oxygen atoms in total. The standard InChI is InChI=1S/C20H25NO2/c1-21-15-7-9-17(21)14-13-16-8-3-4-10-18(16)23-20-12-6-5-11-19(20)22-2/h3-6,8,10-12,17H,7,9,13-15H2,1-2H3. The van der Waals surface area contributed by atoms with Gasteiger partial charge in [0, 0.05) is 6.04 Å². The summed E-state index contributed by atoms with van der Waals surface area (Å²) in [5.74, 6) is 2.45. The minimum absolute atomic E-state index is 0.703. The Balaban J connectivity index is 1.72. The van der Waals surface area contributed by atoms with Crippen LogP contribution in [-0.4, -0.2) is 31.6 Å². The molecule has 2 aromatic rings. The lowest BCUT2D eigenvalue weighted by atomic mass is 10.0. The molecule has 0 aromatic heterocycles. The van der Waals surface area contributed by atoms with Gasteiger partial charge in [-0.3, -0.25) is 0 Å². The van der Waals surface area contributed by atoms with Crippen LogP contribution in [0.1, 0.15) is 24.8 Å². The Kier molecular flexibility index (Phi) is 5.19. The highest BCUT2D eigenvalue weighted by Crippen LogP contribution is 2.33. The maximum absolute atomic E-state index is 6.13. The van der Waals surface area contributed by atoms with Crippen LogP contribution in [0.5, 0.6) is 17.2 Å². The van der Waals surface area contributed by atoms with E-state index in [-0.39, 0.29) is 0 Å². The maximum Gasteiger partial charge on any atom is 0.169 e. The van der Waals surface area contributed by atoms with Crippen LogP contribution in [0, 0.1) is 0 Å². The number of rotatable bonds is 6. The Labute approximate surface area is 138 Å². The van der Waals surface area contributed by atoms with Crippen LogP contribution in [0.3, 0.4) is 0 Å². The molecule has 3 rings (SSSR count). The van der Waals surface area contributed by atoms with E-state index in [0.29, 0.717) is 6.04 Å². The van der Waals surface area contributed by atoms with E-state index >= 15 is 0 Å². The van der Waals surface area contributed by atoms with Crippen LogP contribution in [0.4, 0.5) is 0 Å². The molecule has 1 atom stereocenters. The Morgan fingerprint density at radius 2 is 1.70 bits per heavy atom. The Hall–Kier alpha value is -2.00. The summed E-state index contributed by atoms with van der Waals surface area (Å²) < 4.78 is 11.5. The van der Waals surface area contributed by atoms with Gasteiger partial charge in [-0.05, 0) is 63.0 Å². The second-order valence-corrected chi connectivity index (χ2v) is 6.18. The van der Waals surface area contributed by atoms with Crippen LogP contribution >= 0.6 is 0 Å². The first kappa shape index (κ1) is 15.9. The van der Waals surface area contributed by atoms with Gasteiger partial charge in [-0.2, -0.15) is 0 Å². The number of para-hydroxylation sites is 3. The van der Waals surface area contributed by atoms with E-state index in [1.54, 1.807) is 7.11 Å². The molecule has 1 saturated heterocycles. The van der Waals surface area contributed by atoms with Crippen molar-refractivity contribution in [1.82, 2.24) is 4.90 Å². The number of methoxy groups -OCH3 is 1. The van der Waals surface area contributed by atoms with Crippen molar-refractivity contribution in [3.05, 3.63) is 54.1 Å². The predicted octanol–water partition coefficient (Wildman–Crippen LogP) is 4.51. The van der Waals surface area contributed by atoms with Crippen molar-refractivity contribution in [3.63, 3.8) is 0 Å². The summed E-state index contributed by atoms with van der Waals surface area (Å²) in [5.41, 5.74) is 1.26. The van der Waals surface area contributed by atoms with Gasteiger partial charge in [-0.25, -0.2) is 0 Å². The monoisotopic (exact) mass is 311 g/mol. The summed E-state index contributed by atoms with van der Waals surface area (Å²) in [4.78, 5) is 2.48. The van der Waals surface area contributed by atoms with E-state index in [1.807, 2.05) is 36.4 Å². The van der Waals surface area contributed by atoms with Crippen LogP contribution in [0.25, 0.3) is 0 Å². The summed E-state index contributed by atoms with van der Waals surface area (Å²) in [7, 11) is 3.90. The van der Waals surface area contributed by atoms with E-state index in [9.17, 15) is 0 Å². The molecule has 1 fully saturated rings. The summed E-state index contributed by atoms with van der Waals surface area (Å²) in [6.07, 6.45) is 4.86. The van der Waals surface area contributed by atoms with Crippen molar-refractivity contribution >= 4 is 0 Å². The van der Waals surface area contributed by atoms with E-state index in [2.05, 4.69) is 24.1 Å². The van der Waals surface area contributed by atoms with E-state index in [1.165, 1.54) is 31.4 Å². The largest absolute Gasteiger partial charge is 0.493 e. The zero-order chi connectivity index (χ0) is 16.1. The van der Waals surface area contributed by atoms with Crippen molar-refractivity contribution in [2.45, 2.75) is 31.7 Å². The lowest BCUT2D eigenvalue weighted by Gasteiger charge is -2.20. The maximum atomic E-state index is 6.13. The topological polar surface area (TPSA) is 21.7 Å². The van der Waals surface area contributed by atoms with Gasteiger partial charge in [0.1, 0.15) is 5.75 Å². The Morgan fingerprint density at radius 1 is 1.00 bits per heavy atom. The second kappa shape index (κ2) is 7.51. The molecular weight excluding hydrogens is 286 g/mol. The quantitative estimate of drug-likeness (QED) is 0.783. The SMILES string of the molecule is COc1ccccc1Oc1ccccc1CCC1CCCN1C. The highest BCUT2D eigenvalue weighted by Gasteiger charge is 2.20. The first-order chi connectivity index (χ1) is 11.3. The summed E-state index contributed by atoms with van der Waals surface area (Å²) in [6.45, 7) is 1.23. The number of ether oxygens (including phenoxy) is 2. The lowest BCUT2D eigenvalue weighted by molar-refractivity contribution is 0.296. The average molecular weight is 311 g/mol. The van der Waals surface area contributed by atoms with Crippen LogP contribution in [0.15, 0.2) is 48.5 Å². The minimum Gasteiger partial charge on any atom is -0.493 e. The number of hydrogen-bond acceptors (Lipinski definition) is 3. The van der Waals surface area contributed by atoms with Crippen LogP contribution in [-0.2, 0) is 6.42 Å². The normalized spacial score (nSPS) is 18.1. The molecule has 2 aromatic carbocycles. The zero-order valence-electron chi connectivity index (χ0n) is 14.0. The lowest BCUT2D eigenvalue weighted by Crippen LogP contribution is -2.25. The molecule has 1 heterocycles. The van der Waals surface area contributed by atoms with Crippen LogP contribution in [0.2, 0.25) is 0 Å². The summed E-state index contributed by atoms with van der Waals surface area (Å²) >= 11 is 0. The number of likely N-dealkylation sites (tertiary alicyclic amines) is 1. The molecule has 0 radical (unpaired) electrons. The van der Waals surface area contributed by atoms with Crippen molar-refractivity contribution < 1.29 is 9.47 Å². The first-order valence-electron chi connectivity index (χ1n) is 8.37. The molecule has 23 heavy (non-hydrogen) atoms. The summed E-state index contributed by atoms with van der Waals surface area (Å²) in [5, 5.41) is 0. The van der Waals surface area contributed by atoms with Gasteiger partial charge in [-0.1, -0.05) is 30.3 Å². The molecule has 1 aliphatic rings. The predicted molar refractivity (Wildman–Crippen MR) is 93.5 cm³/mol. The molecule has 0 amide bonds. The minimum atomic E-state index is 0.703. The van der Waals surface area contributed by atoms with Crippen molar-refractivity contribution in [2.75, 3.05) is 20.7 Å². The fourth-order valence-corrected chi connectivity index (χ4v) is 3.30. The van der Waals surface area contributed by atoms with Crippen molar-refractivity contribution in [2.24, 2.45) is 0 Å². The van der Waals surface area contributed by atoms with Gasteiger partial charge in [0.25, 0.3) is 0 Å². The molecule has 0 N–H and O–H groups in total. The van der Waals surface area contributed by atoms with E-state index in [4.69, 9.17) is 9.47 Å². The third-order valence-electron chi connectivity index (χ3n) is 4.68. The molecular formula is C20H25NO2. The molecule has 0 spiro atoms. The van der Waals surface area contributed by atoms with Gasteiger partial charge in [0.2, 0.25) is 0 Å². The molecule has 0 bridgehead atoms. The van der Waals surface area contributed by atoms with Gasteiger partial charge in [0.05, 0.1) is 7.11 Å². The zero-order valence-corrected chi connectivity index (χ0v) is 14.0. The molecule has 0 saturated carbocycles. The van der Waals surface area contributed by atoms with E-state index in [0.717, 1.165) is 23.7 Å². The molecule has 1 unspecified atom stereocenters. The molecule has 3 heteroatoms. The van der Waals surface area contributed by atoms with Gasteiger partial charge >= 0.3 is 0 Å². The smallest absolute Gasteiger partial charge is 0.169 e.